The molecular formula is C14H14ClF2NO3. The molecule has 0 saturated carbocycles. The van der Waals surface area contributed by atoms with Crippen molar-refractivity contribution in [1.29, 1.82) is 0 Å². The first-order valence-electron chi connectivity index (χ1n) is 6.46. The summed E-state index contributed by atoms with van der Waals surface area (Å²) in [5.41, 5.74) is 1.24. The van der Waals surface area contributed by atoms with E-state index in [1.165, 1.54) is 6.92 Å². The number of nitrogens with zero attached hydrogens (tertiary/aromatic N) is 1. The van der Waals surface area contributed by atoms with Crippen molar-refractivity contribution in [2.24, 2.45) is 5.16 Å². The largest absolute Gasteiger partial charge is 0.462 e. The number of benzene rings is 1. The van der Waals surface area contributed by atoms with Crippen molar-refractivity contribution in [1.82, 2.24) is 0 Å². The van der Waals surface area contributed by atoms with Crippen molar-refractivity contribution in [3.63, 3.8) is 0 Å². The van der Waals surface area contributed by atoms with Gasteiger partial charge in [-0.2, -0.15) is 8.78 Å². The standard InChI is InChI=1S/C14H14ClF2NO3/c1-2-20-13(19)14(16,17)8-11-7-12(18-21-11)9-4-3-5-10(15)6-9/h3-6,11H,2,7-8H2,1H3. The van der Waals surface area contributed by atoms with Gasteiger partial charge in [0.25, 0.3) is 0 Å². The van der Waals surface area contributed by atoms with Crippen LogP contribution in [0.4, 0.5) is 8.78 Å². The molecule has 0 saturated heterocycles. The summed E-state index contributed by atoms with van der Waals surface area (Å²) < 4.78 is 31.6. The van der Waals surface area contributed by atoms with E-state index in [0.717, 1.165) is 0 Å². The van der Waals surface area contributed by atoms with Gasteiger partial charge in [0.15, 0.2) is 0 Å². The molecule has 21 heavy (non-hydrogen) atoms. The molecule has 0 amide bonds. The Morgan fingerprint density at radius 2 is 2.33 bits per heavy atom. The van der Waals surface area contributed by atoms with Crippen LogP contribution in [0.5, 0.6) is 0 Å². The lowest BCUT2D eigenvalue weighted by Gasteiger charge is -2.17. The fourth-order valence-corrected chi connectivity index (χ4v) is 2.17. The molecule has 0 fully saturated rings. The first-order valence-corrected chi connectivity index (χ1v) is 6.84. The first-order chi connectivity index (χ1) is 9.92. The third-order valence-corrected chi connectivity index (χ3v) is 3.18. The predicted molar refractivity (Wildman–Crippen MR) is 73.7 cm³/mol. The van der Waals surface area contributed by atoms with Gasteiger partial charge in [-0.1, -0.05) is 28.9 Å². The predicted octanol–water partition coefficient (Wildman–Crippen LogP) is 3.42. The highest BCUT2D eigenvalue weighted by Crippen LogP contribution is 2.29. The van der Waals surface area contributed by atoms with Crippen molar-refractivity contribution < 1.29 is 23.1 Å². The summed E-state index contributed by atoms with van der Waals surface area (Å²) in [6.45, 7) is 1.38. The van der Waals surface area contributed by atoms with Gasteiger partial charge < -0.3 is 9.57 Å². The van der Waals surface area contributed by atoms with Gasteiger partial charge >= 0.3 is 11.9 Å². The summed E-state index contributed by atoms with van der Waals surface area (Å²) in [6, 6.07) is 6.88. The third-order valence-electron chi connectivity index (χ3n) is 2.95. The number of esters is 1. The maximum Gasteiger partial charge on any atom is 0.377 e. The molecule has 0 spiro atoms. The van der Waals surface area contributed by atoms with Crippen molar-refractivity contribution in [3.8, 4) is 0 Å². The highest BCUT2D eigenvalue weighted by molar-refractivity contribution is 6.31. The molecule has 2 rings (SSSR count). The van der Waals surface area contributed by atoms with Crippen LogP contribution >= 0.6 is 11.6 Å². The monoisotopic (exact) mass is 317 g/mol. The molecule has 4 nitrogen and oxygen atoms in total. The zero-order valence-corrected chi connectivity index (χ0v) is 12.1. The second kappa shape index (κ2) is 6.39. The lowest BCUT2D eigenvalue weighted by Crippen LogP contribution is -2.35. The van der Waals surface area contributed by atoms with Crippen LogP contribution in [0, 0.1) is 0 Å². The van der Waals surface area contributed by atoms with Crippen molar-refractivity contribution in [2.75, 3.05) is 6.61 Å². The highest BCUT2D eigenvalue weighted by atomic mass is 35.5. The Morgan fingerprint density at radius 1 is 1.57 bits per heavy atom. The van der Waals surface area contributed by atoms with E-state index in [0.29, 0.717) is 16.3 Å². The average molecular weight is 318 g/mol. The van der Waals surface area contributed by atoms with Gasteiger partial charge in [-0.05, 0) is 19.1 Å². The summed E-state index contributed by atoms with van der Waals surface area (Å²) in [7, 11) is 0. The van der Waals surface area contributed by atoms with Crippen LogP contribution in [-0.2, 0) is 14.4 Å². The molecule has 0 N–H and O–H groups in total. The Bertz CT molecular complexity index is 563. The third kappa shape index (κ3) is 3.91. The number of ether oxygens (including phenoxy) is 1. The fourth-order valence-electron chi connectivity index (χ4n) is 1.98. The summed E-state index contributed by atoms with van der Waals surface area (Å²) in [5.74, 6) is -5.12. The molecule has 1 aliphatic heterocycles. The maximum absolute atomic E-state index is 13.6. The Labute approximate surface area is 125 Å². The Kier molecular flexibility index (Phi) is 4.77. The first kappa shape index (κ1) is 15.7. The topological polar surface area (TPSA) is 47.9 Å². The number of carbonyl (C=O) groups is 1. The minimum atomic E-state index is -3.58. The van der Waals surface area contributed by atoms with Crippen molar-refractivity contribution >= 4 is 23.3 Å². The molecular weight excluding hydrogens is 304 g/mol. The Morgan fingerprint density at radius 3 is 3.00 bits per heavy atom. The van der Waals surface area contributed by atoms with Crippen LogP contribution in [0.3, 0.4) is 0 Å². The SMILES string of the molecule is CCOC(=O)C(F)(F)CC1CC(c2cccc(Cl)c2)=NO1. The number of rotatable bonds is 5. The van der Waals surface area contributed by atoms with E-state index in [4.69, 9.17) is 16.4 Å². The average Bonchev–Trinajstić information content (AvgIpc) is 2.87. The maximum atomic E-state index is 13.6. The molecule has 1 unspecified atom stereocenters. The van der Waals surface area contributed by atoms with Crippen LogP contribution in [0.1, 0.15) is 25.3 Å². The molecule has 1 aliphatic rings. The smallest absolute Gasteiger partial charge is 0.377 e. The number of alkyl halides is 2. The normalized spacial score (nSPS) is 18.1. The molecule has 0 aliphatic carbocycles. The van der Waals surface area contributed by atoms with E-state index < -0.39 is 24.4 Å². The van der Waals surface area contributed by atoms with E-state index in [1.54, 1.807) is 24.3 Å². The van der Waals surface area contributed by atoms with Crippen LogP contribution in [0.25, 0.3) is 0 Å². The van der Waals surface area contributed by atoms with E-state index in [-0.39, 0.29) is 13.0 Å². The molecule has 0 aromatic heterocycles. The van der Waals surface area contributed by atoms with E-state index in [9.17, 15) is 13.6 Å². The van der Waals surface area contributed by atoms with Gasteiger partial charge in [-0.25, -0.2) is 4.79 Å². The van der Waals surface area contributed by atoms with Crippen molar-refractivity contribution in [3.05, 3.63) is 34.9 Å². The number of oxime groups is 1. The second-order valence-corrected chi connectivity index (χ2v) is 5.05. The minimum Gasteiger partial charge on any atom is -0.462 e. The van der Waals surface area contributed by atoms with Crippen LogP contribution in [0.15, 0.2) is 29.4 Å². The van der Waals surface area contributed by atoms with E-state index >= 15 is 0 Å². The fraction of sp³-hybridized carbons (Fsp3) is 0.429. The highest BCUT2D eigenvalue weighted by Gasteiger charge is 2.44. The van der Waals surface area contributed by atoms with Gasteiger partial charge in [-0.3, -0.25) is 0 Å². The number of carbonyl (C=O) groups excluding carboxylic acids is 1. The molecule has 0 bridgehead atoms. The lowest BCUT2D eigenvalue weighted by atomic mass is 10.0. The minimum absolute atomic E-state index is 0.0930. The lowest BCUT2D eigenvalue weighted by molar-refractivity contribution is -0.176. The molecule has 1 atom stereocenters. The number of halogens is 3. The molecule has 1 aromatic carbocycles. The summed E-state index contributed by atoms with van der Waals surface area (Å²) in [6.07, 6.45) is -1.44. The quantitative estimate of drug-likeness (QED) is 0.782. The summed E-state index contributed by atoms with van der Waals surface area (Å²) >= 11 is 5.87. The van der Waals surface area contributed by atoms with Crippen molar-refractivity contribution in [2.45, 2.75) is 31.8 Å². The number of hydrogen-bond donors (Lipinski definition) is 0. The second-order valence-electron chi connectivity index (χ2n) is 4.61. The summed E-state index contributed by atoms with van der Waals surface area (Å²) in [5, 5.41) is 4.31. The molecule has 1 aromatic rings. The van der Waals surface area contributed by atoms with Crippen LogP contribution in [0.2, 0.25) is 5.02 Å². The molecule has 0 radical (unpaired) electrons. The van der Waals surface area contributed by atoms with Crippen LogP contribution < -0.4 is 0 Å². The van der Waals surface area contributed by atoms with Gasteiger partial charge in [0.2, 0.25) is 0 Å². The van der Waals surface area contributed by atoms with Gasteiger partial charge in [-0.15, -0.1) is 0 Å². The van der Waals surface area contributed by atoms with Gasteiger partial charge in [0.1, 0.15) is 6.10 Å². The zero-order valence-electron chi connectivity index (χ0n) is 11.3. The summed E-state index contributed by atoms with van der Waals surface area (Å²) in [4.78, 5) is 16.1. The Balaban J connectivity index is 1.97. The molecule has 7 heteroatoms. The zero-order chi connectivity index (χ0) is 15.5. The number of hydrogen-bond acceptors (Lipinski definition) is 4. The van der Waals surface area contributed by atoms with Crippen LogP contribution in [-0.4, -0.2) is 30.3 Å². The van der Waals surface area contributed by atoms with Gasteiger partial charge in [0.05, 0.1) is 18.7 Å². The van der Waals surface area contributed by atoms with Gasteiger partial charge in [0, 0.05) is 17.0 Å². The molecule has 1 heterocycles. The van der Waals surface area contributed by atoms with E-state index in [1.807, 2.05) is 0 Å². The Hall–Kier alpha value is -1.69. The van der Waals surface area contributed by atoms with E-state index in [2.05, 4.69) is 9.89 Å². The molecule has 114 valence electrons.